The first-order valence-corrected chi connectivity index (χ1v) is 7.12. The first kappa shape index (κ1) is 16.9. The molecule has 0 aliphatic heterocycles. The second kappa shape index (κ2) is 7.03. The summed E-state index contributed by atoms with van der Waals surface area (Å²) in [6.07, 6.45) is -3.00. The molecule has 4 N–H and O–H groups in total. The number of rotatable bonds is 5. The topological polar surface area (TPSA) is 99.0 Å². The summed E-state index contributed by atoms with van der Waals surface area (Å²) in [5.74, 6) is 0. The zero-order valence-corrected chi connectivity index (χ0v) is 12.6. The zero-order valence-electron chi connectivity index (χ0n) is 11.8. The van der Waals surface area contributed by atoms with E-state index in [1.54, 1.807) is 32.2 Å². The first-order chi connectivity index (χ1) is 9.24. The molecule has 2 unspecified atom stereocenters. The zero-order chi connectivity index (χ0) is 15.3. The van der Waals surface area contributed by atoms with Crippen LogP contribution in [-0.2, 0) is 11.3 Å². The third-order valence-electron chi connectivity index (χ3n) is 2.46. The number of aliphatic hydroxyl groups is 3. The van der Waals surface area contributed by atoms with Crippen molar-refractivity contribution in [2.45, 2.75) is 45.2 Å². The highest BCUT2D eigenvalue weighted by molar-refractivity contribution is 7.10. The maximum absolute atomic E-state index is 11.4. The van der Waals surface area contributed by atoms with Crippen molar-refractivity contribution < 1.29 is 24.9 Å². The maximum atomic E-state index is 11.4. The van der Waals surface area contributed by atoms with Gasteiger partial charge in [-0.05, 0) is 37.8 Å². The molecule has 0 aliphatic carbocycles. The fraction of sp³-hybridized carbons (Fsp3) is 0.615. The number of nitrogens with one attached hydrogen (secondary N) is 1. The molecule has 7 heteroatoms. The van der Waals surface area contributed by atoms with Crippen molar-refractivity contribution >= 4 is 17.4 Å². The molecule has 1 amide bonds. The van der Waals surface area contributed by atoms with Crippen LogP contribution in [0.3, 0.4) is 0 Å². The molecule has 1 heterocycles. The van der Waals surface area contributed by atoms with Gasteiger partial charge in [0.2, 0.25) is 0 Å². The van der Waals surface area contributed by atoms with Gasteiger partial charge in [0.25, 0.3) is 0 Å². The van der Waals surface area contributed by atoms with E-state index in [0.29, 0.717) is 10.4 Å². The molecular weight excluding hydrogens is 282 g/mol. The Kier molecular flexibility index (Phi) is 5.94. The van der Waals surface area contributed by atoms with Gasteiger partial charge in [-0.3, -0.25) is 0 Å². The van der Waals surface area contributed by atoms with Crippen LogP contribution in [0.2, 0.25) is 0 Å². The van der Waals surface area contributed by atoms with Crippen LogP contribution >= 0.6 is 11.3 Å². The summed E-state index contributed by atoms with van der Waals surface area (Å²) >= 11 is 1.29. The van der Waals surface area contributed by atoms with E-state index in [2.05, 4.69) is 5.32 Å². The van der Waals surface area contributed by atoms with Gasteiger partial charge >= 0.3 is 6.09 Å². The third kappa shape index (κ3) is 5.09. The lowest BCUT2D eigenvalue weighted by molar-refractivity contribution is 0.0123. The molecular formula is C13H21NO5S. The fourth-order valence-electron chi connectivity index (χ4n) is 1.56. The van der Waals surface area contributed by atoms with Gasteiger partial charge in [-0.2, -0.15) is 0 Å². The maximum Gasteiger partial charge on any atom is 0.407 e. The van der Waals surface area contributed by atoms with E-state index in [0.717, 1.165) is 0 Å². The van der Waals surface area contributed by atoms with E-state index in [-0.39, 0.29) is 13.2 Å². The van der Waals surface area contributed by atoms with E-state index < -0.39 is 23.9 Å². The minimum absolute atomic E-state index is 0.142. The van der Waals surface area contributed by atoms with Crippen molar-refractivity contribution in [1.29, 1.82) is 0 Å². The summed E-state index contributed by atoms with van der Waals surface area (Å²) in [7, 11) is 0. The summed E-state index contributed by atoms with van der Waals surface area (Å²) < 4.78 is 5.02. The predicted octanol–water partition coefficient (Wildman–Crippen LogP) is 1.16. The van der Waals surface area contributed by atoms with Crippen LogP contribution in [0, 0.1) is 0 Å². The van der Waals surface area contributed by atoms with Crippen molar-refractivity contribution in [1.82, 2.24) is 5.32 Å². The predicted molar refractivity (Wildman–Crippen MR) is 75.4 cm³/mol. The molecule has 114 valence electrons. The summed E-state index contributed by atoms with van der Waals surface area (Å²) in [6, 6.07) is 1.64. The summed E-state index contributed by atoms with van der Waals surface area (Å²) in [5.41, 5.74) is -0.151. The van der Waals surface area contributed by atoms with E-state index in [4.69, 9.17) is 9.84 Å². The monoisotopic (exact) mass is 303 g/mol. The van der Waals surface area contributed by atoms with Crippen LogP contribution < -0.4 is 5.32 Å². The Bertz CT molecular complexity index is 440. The number of thiophene rings is 1. The number of amides is 1. The molecule has 1 aromatic heterocycles. The van der Waals surface area contributed by atoms with Crippen LogP contribution in [0.25, 0.3) is 0 Å². The smallest absolute Gasteiger partial charge is 0.407 e. The average Bonchev–Trinajstić information content (AvgIpc) is 2.81. The molecule has 1 aromatic rings. The number of carbonyl (C=O) groups excluding carboxylic acids is 1. The lowest BCUT2D eigenvalue weighted by Gasteiger charge is -2.22. The molecule has 2 atom stereocenters. The van der Waals surface area contributed by atoms with Crippen molar-refractivity contribution in [2.24, 2.45) is 0 Å². The Hall–Kier alpha value is -1.15. The molecule has 0 radical (unpaired) electrons. The van der Waals surface area contributed by atoms with E-state index in [9.17, 15) is 15.0 Å². The van der Waals surface area contributed by atoms with Gasteiger partial charge in [0, 0.05) is 11.4 Å². The Morgan fingerprint density at radius 3 is 2.65 bits per heavy atom. The van der Waals surface area contributed by atoms with Crippen LogP contribution in [0.15, 0.2) is 11.4 Å². The second-order valence-electron chi connectivity index (χ2n) is 5.35. The van der Waals surface area contributed by atoms with E-state index in [1.165, 1.54) is 11.3 Å². The molecule has 0 aromatic carbocycles. The number of hydrogen-bond donors (Lipinski definition) is 4. The lowest BCUT2D eigenvalue weighted by Crippen LogP contribution is -2.38. The highest BCUT2D eigenvalue weighted by atomic mass is 32.1. The molecule has 0 spiro atoms. The number of ether oxygens (including phenoxy) is 1. The molecule has 0 saturated heterocycles. The highest BCUT2D eigenvalue weighted by Gasteiger charge is 2.23. The van der Waals surface area contributed by atoms with E-state index >= 15 is 0 Å². The minimum atomic E-state index is -1.18. The largest absolute Gasteiger partial charge is 0.444 e. The fourth-order valence-corrected chi connectivity index (χ4v) is 2.34. The quantitative estimate of drug-likeness (QED) is 0.654. The summed E-state index contributed by atoms with van der Waals surface area (Å²) in [5, 5.41) is 33.1. The van der Waals surface area contributed by atoms with Gasteiger partial charge in [0.15, 0.2) is 0 Å². The Morgan fingerprint density at radius 1 is 1.45 bits per heavy atom. The highest BCUT2D eigenvalue weighted by Crippen LogP contribution is 2.25. The normalized spacial score (nSPS) is 14.7. The minimum Gasteiger partial charge on any atom is -0.444 e. The number of aliphatic hydroxyl groups excluding tert-OH is 3. The van der Waals surface area contributed by atoms with Gasteiger partial charge in [0.05, 0.1) is 6.61 Å². The van der Waals surface area contributed by atoms with E-state index in [1.807, 2.05) is 0 Å². The molecule has 1 rings (SSSR count). The van der Waals surface area contributed by atoms with Gasteiger partial charge in [0.1, 0.15) is 17.8 Å². The van der Waals surface area contributed by atoms with Gasteiger partial charge in [-0.15, -0.1) is 11.3 Å². The Labute approximate surface area is 122 Å². The molecule has 0 fully saturated rings. The summed E-state index contributed by atoms with van der Waals surface area (Å²) in [4.78, 5) is 12.0. The van der Waals surface area contributed by atoms with Crippen LogP contribution in [-0.4, -0.2) is 39.7 Å². The number of hydrogen-bond acceptors (Lipinski definition) is 6. The van der Waals surface area contributed by atoms with Crippen molar-refractivity contribution in [3.8, 4) is 0 Å². The van der Waals surface area contributed by atoms with Crippen LogP contribution in [0.4, 0.5) is 4.79 Å². The first-order valence-electron chi connectivity index (χ1n) is 6.24. The van der Waals surface area contributed by atoms with Crippen LogP contribution in [0.1, 0.15) is 37.3 Å². The Morgan fingerprint density at radius 2 is 2.10 bits per heavy atom. The summed E-state index contributed by atoms with van der Waals surface area (Å²) in [6.45, 7) is 4.86. The van der Waals surface area contributed by atoms with Crippen LogP contribution in [0.5, 0.6) is 0 Å². The number of carbonyl (C=O) groups is 1. The molecule has 0 saturated carbocycles. The van der Waals surface area contributed by atoms with Crippen molar-refractivity contribution in [2.75, 3.05) is 6.54 Å². The van der Waals surface area contributed by atoms with Crippen molar-refractivity contribution in [3.63, 3.8) is 0 Å². The van der Waals surface area contributed by atoms with Crippen molar-refractivity contribution in [3.05, 3.63) is 21.9 Å². The average molecular weight is 303 g/mol. The van der Waals surface area contributed by atoms with Gasteiger partial charge in [-0.25, -0.2) is 4.79 Å². The molecule has 20 heavy (non-hydrogen) atoms. The third-order valence-corrected chi connectivity index (χ3v) is 3.38. The standard InChI is InChI=1S/C13H21NO5S/c1-13(2,3)19-12(18)14-6-9(16)11(17)8-4-5-20-10(8)7-15/h4-5,9,11,15-17H,6-7H2,1-3H3,(H,14,18). The van der Waals surface area contributed by atoms with Gasteiger partial charge in [-0.1, -0.05) is 0 Å². The Balaban J connectivity index is 2.50. The molecule has 0 bridgehead atoms. The SMILES string of the molecule is CC(C)(C)OC(=O)NCC(O)C(O)c1ccsc1CO. The van der Waals surface area contributed by atoms with Gasteiger partial charge < -0.3 is 25.4 Å². The molecule has 0 aliphatic rings. The lowest BCUT2D eigenvalue weighted by atomic mass is 10.1. The molecule has 6 nitrogen and oxygen atoms in total. The number of alkyl carbamates (subject to hydrolysis) is 1. The second-order valence-corrected chi connectivity index (χ2v) is 6.35.